The molecule has 0 bridgehead atoms. The van der Waals surface area contributed by atoms with Gasteiger partial charge in [0.1, 0.15) is 0 Å². The molecule has 0 amide bonds. The summed E-state index contributed by atoms with van der Waals surface area (Å²) in [6, 6.07) is 3.63. The molecule has 0 aromatic carbocycles. The standard InChI is InChI=1S/C7H8N2O.ClH/c1-6(9-10)7-3-2-4-8-5-7;/h2-5,10H,1H3;1H. The number of pyridine rings is 1. The van der Waals surface area contributed by atoms with Crippen molar-refractivity contribution in [3.63, 3.8) is 0 Å². The molecule has 4 heteroatoms. The van der Waals surface area contributed by atoms with Crippen LogP contribution in [-0.4, -0.2) is 15.9 Å². The SMILES string of the molecule is CC(=NO)c1cccnc1.Cl. The highest BCUT2D eigenvalue weighted by molar-refractivity contribution is 5.97. The van der Waals surface area contributed by atoms with Crippen molar-refractivity contribution in [3.8, 4) is 0 Å². The summed E-state index contributed by atoms with van der Waals surface area (Å²) in [5.41, 5.74) is 1.41. The van der Waals surface area contributed by atoms with Crippen LogP contribution in [0.3, 0.4) is 0 Å². The summed E-state index contributed by atoms with van der Waals surface area (Å²) in [5.74, 6) is 0. The molecule has 60 valence electrons. The summed E-state index contributed by atoms with van der Waals surface area (Å²) >= 11 is 0. The predicted octanol–water partition coefficient (Wildman–Crippen LogP) is 1.70. The second kappa shape index (κ2) is 4.68. The van der Waals surface area contributed by atoms with Crippen LogP contribution in [0.25, 0.3) is 0 Å². The van der Waals surface area contributed by atoms with Crippen molar-refractivity contribution in [2.24, 2.45) is 5.16 Å². The van der Waals surface area contributed by atoms with Crippen LogP contribution in [0.5, 0.6) is 0 Å². The average Bonchev–Trinajstić information content (AvgIpc) is 2.05. The third-order valence-electron chi connectivity index (χ3n) is 1.23. The van der Waals surface area contributed by atoms with Crippen molar-refractivity contribution in [2.45, 2.75) is 6.92 Å². The van der Waals surface area contributed by atoms with Crippen molar-refractivity contribution in [3.05, 3.63) is 30.1 Å². The van der Waals surface area contributed by atoms with Gasteiger partial charge in [0.2, 0.25) is 0 Å². The Bertz CT molecular complexity index is 235. The van der Waals surface area contributed by atoms with Gasteiger partial charge < -0.3 is 5.21 Å². The Balaban J connectivity index is 0.000001000. The molecule has 1 N–H and O–H groups in total. The topological polar surface area (TPSA) is 45.5 Å². The van der Waals surface area contributed by atoms with Gasteiger partial charge in [0.15, 0.2) is 0 Å². The lowest BCUT2D eigenvalue weighted by Gasteiger charge is -1.93. The molecular weight excluding hydrogens is 164 g/mol. The maximum Gasteiger partial charge on any atom is 0.0852 e. The Kier molecular flexibility index (Phi) is 4.22. The summed E-state index contributed by atoms with van der Waals surface area (Å²) in [5, 5.41) is 11.4. The predicted molar refractivity (Wildman–Crippen MR) is 45.5 cm³/mol. The van der Waals surface area contributed by atoms with Crippen LogP contribution in [0.1, 0.15) is 12.5 Å². The summed E-state index contributed by atoms with van der Waals surface area (Å²) in [4.78, 5) is 3.86. The number of aromatic nitrogens is 1. The van der Waals surface area contributed by atoms with Gasteiger partial charge >= 0.3 is 0 Å². The highest BCUT2D eigenvalue weighted by Crippen LogP contribution is 1.96. The van der Waals surface area contributed by atoms with E-state index in [0.717, 1.165) is 5.56 Å². The first-order chi connectivity index (χ1) is 4.84. The molecule has 0 radical (unpaired) electrons. The fourth-order valence-corrected chi connectivity index (χ4v) is 0.635. The zero-order valence-electron chi connectivity index (χ0n) is 6.06. The fourth-order valence-electron chi connectivity index (χ4n) is 0.635. The Labute approximate surface area is 71.2 Å². The Hall–Kier alpha value is -1.09. The molecule has 0 saturated carbocycles. The molecule has 1 heterocycles. The second-order valence-electron chi connectivity index (χ2n) is 1.93. The molecule has 0 aliphatic carbocycles. The molecule has 0 atom stereocenters. The normalized spacial score (nSPS) is 10.5. The molecule has 0 spiro atoms. The number of halogens is 1. The van der Waals surface area contributed by atoms with E-state index in [1.54, 1.807) is 25.4 Å². The van der Waals surface area contributed by atoms with Crippen molar-refractivity contribution in [2.75, 3.05) is 0 Å². The maximum atomic E-state index is 8.35. The molecule has 0 aliphatic heterocycles. The van der Waals surface area contributed by atoms with Gasteiger partial charge in [0.05, 0.1) is 5.71 Å². The Morgan fingerprint density at radius 2 is 2.36 bits per heavy atom. The first-order valence-corrected chi connectivity index (χ1v) is 2.93. The number of rotatable bonds is 1. The van der Waals surface area contributed by atoms with E-state index in [0.29, 0.717) is 5.71 Å². The van der Waals surface area contributed by atoms with E-state index in [9.17, 15) is 0 Å². The summed E-state index contributed by atoms with van der Waals surface area (Å²) in [7, 11) is 0. The molecule has 0 unspecified atom stereocenters. The fraction of sp³-hybridized carbons (Fsp3) is 0.143. The van der Waals surface area contributed by atoms with Gasteiger partial charge in [-0.1, -0.05) is 5.16 Å². The van der Waals surface area contributed by atoms with E-state index >= 15 is 0 Å². The smallest absolute Gasteiger partial charge is 0.0852 e. The zero-order chi connectivity index (χ0) is 7.40. The maximum absolute atomic E-state index is 8.35. The van der Waals surface area contributed by atoms with Crippen molar-refractivity contribution < 1.29 is 5.21 Å². The molecule has 0 aliphatic rings. The molecule has 1 aromatic rings. The number of hydrogen-bond acceptors (Lipinski definition) is 3. The van der Waals surface area contributed by atoms with Crippen molar-refractivity contribution in [1.29, 1.82) is 0 Å². The van der Waals surface area contributed by atoms with Crippen LogP contribution >= 0.6 is 12.4 Å². The molecule has 1 rings (SSSR count). The first kappa shape index (κ1) is 9.91. The summed E-state index contributed by atoms with van der Waals surface area (Å²) in [6.45, 7) is 1.72. The van der Waals surface area contributed by atoms with Gasteiger partial charge in [0, 0.05) is 18.0 Å². The molecular formula is C7H9ClN2O. The van der Waals surface area contributed by atoms with Crippen LogP contribution in [0, 0.1) is 0 Å². The largest absolute Gasteiger partial charge is 0.411 e. The minimum atomic E-state index is 0. The van der Waals surface area contributed by atoms with E-state index in [4.69, 9.17) is 5.21 Å². The highest BCUT2D eigenvalue weighted by atomic mass is 35.5. The number of oxime groups is 1. The molecule has 0 saturated heterocycles. The average molecular weight is 173 g/mol. The van der Waals surface area contributed by atoms with E-state index in [1.165, 1.54) is 0 Å². The van der Waals surface area contributed by atoms with E-state index < -0.39 is 0 Å². The Morgan fingerprint density at radius 3 is 2.82 bits per heavy atom. The van der Waals surface area contributed by atoms with Crippen LogP contribution in [0.2, 0.25) is 0 Å². The van der Waals surface area contributed by atoms with E-state index in [-0.39, 0.29) is 12.4 Å². The minimum absolute atomic E-state index is 0. The second-order valence-corrected chi connectivity index (χ2v) is 1.93. The summed E-state index contributed by atoms with van der Waals surface area (Å²) < 4.78 is 0. The van der Waals surface area contributed by atoms with Gasteiger partial charge in [0.25, 0.3) is 0 Å². The monoisotopic (exact) mass is 172 g/mol. The number of hydrogen-bond donors (Lipinski definition) is 1. The lowest BCUT2D eigenvalue weighted by Crippen LogP contribution is -1.93. The molecule has 11 heavy (non-hydrogen) atoms. The first-order valence-electron chi connectivity index (χ1n) is 2.93. The number of nitrogens with zero attached hydrogens (tertiary/aromatic N) is 2. The van der Waals surface area contributed by atoms with Crippen molar-refractivity contribution >= 4 is 18.1 Å². The third kappa shape index (κ3) is 2.55. The van der Waals surface area contributed by atoms with Crippen LogP contribution in [0.4, 0.5) is 0 Å². The van der Waals surface area contributed by atoms with E-state index in [1.807, 2.05) is 6.07 Å². The van der Waals surface area contributed by atoms with Gasteiger partial charge in [-0.2, -0.15) is 0 Å². The van der Waals surface area contributed by atoms with Gasteiger partial charge in [-0.15, -0.1) is 12.4 Å². The van der Waals surface area contributed by atoms with Crippen molar-refractivity contribution in [1.82, 2.24) is 4.98 Å². The Morgan fingerprint density at radius 1 is 1.64 bits per heavy atom. The highest BCUT2D eigenvalue weighted by Gasteiger charge is 1.93. The van der Waals surface area contributed by atoms with Crippen LogP contribution < -0.4 is 0 Å². The van der Waals surface area contributed by atoms with Gasteiger partial charge in [-0.25, -0.2) is 0 Å². The zero-order valence-corrected chi connectivity index (χ0v) is 6.88. The van der Waals surface area contributed by atoms with Crippen LogP contribution in [0.15, 0.2) is 29.7 Å². The van der Waals surface area contributed by atoms with Gasteiger partial charge in [-0.05, 0) is 19.1 Å². The molecule has 1 aromatic heterocycles. The van der Waals surface area contributed by atoms with Gasteiger partial charge in [-0.3, -0.25) is 4.98 Å². The third-order valence-corrected chi connectivity index (χ3v) is 1.23. The lowest BCUT2D eigenvalue weighted by molar-refractivity contribution is 0.319. The molecule has 3 nitrogen and oxygen atoms in total. The van der Waals surface area contributed by atoms with Crippen LogP contribution in [-0.2, 0) is 0 Å². The quantitative estimate of drug-likeness (QED) is 0.398. The van der Waals surface area contributed by atoms with E-state index in [2.05, 4.69) is 10.1 Å². The summed E-state index contributed by atoms with van der Waals surface area (Å²) in [6.07, 6.45) is 3.32. The lowest BCUT2D eigenvalue weighted by atomic mass is 10.2. The molecule has 0 fully saturated rings. The minimum Gasteiger partial charge on any atom is -0.411 e.